The lowest BCUT2D eigenvalue weighted by Gasteiger charge is -2.33. The van der Waals surface area contributed by atoms with Gasteiger partial charge in [-0.05, 0) is 81.7 Å². The molecule has 2 aliphatic rings. The zero-order chi connectivity index (χ0) is 35.4. The van der Waals surface area contributed by atoms with Crippen molar-refractivity contribution in [2.45, 2.75) is 45.2 Å². The van der Waals surface area contributed by atoms with E-state index in [0.717, 1.165) is 5.56 Å². The summed E-state index contributed by atoms with van der Waals surface area (Å²) in [6.07, 6.45) is 4.60. The second kappa shape index (κ2) is 14.7. The van der Waals surface area contributed by atoms with E-state index in [9.17, 15) is 19.6 Å². The van der Waals surface area contributed by atoms with Crippen molar-refractivity contribution in [1.82, 2.24) is 20.5 Å². The molecule has 4 heterocycles. The number of likely N-dealkylation sites (tertiary alicyclic amines) is 1. The fraction of sp³-hybridized carbons (Fsp3) is 0.324. The number of nitrogens with zero attached hydrogens (tertiary/aromatic N) is 4. The molecule has 50 heavy (non-hydrogen) atoms. The van der Waals surface area contributed by atoms with Crippen LogP contribution in [0.1, 0.15) is 41.9 Å². The number of pyridine rings is 1. The van der Waals surface area contributed by atoms with Gasteiger partial charge < -0.3 is 30.3 Å². The summed E-state index contributed by atoms with van der Waals surface area (Å²) in [7, 11) is 1.61. The van der Waals surface area contributed by atoms with Crippen molar-refractivity contribution in [2.24, 2.45) is 0 Å². The molecule has 2 aromatic carbocycles. The Hall–Kier alpha value is -5.29. The van der Waals surface area contributed by atoms with Crippen LogP contribution in [0.5, 0.6) is 11.5 Å². The van der Waals surface area contributed by atoms with E-state index in [1.807, 2.05) is 69.3 Å². The molecule has 1 saturated heterocycles. The van der Waals surface area contributed by atoms with Crippen LogP contribution in [0.25, 0.3) is 10.2 Å². The predicted octanol–water partition coefficient (Wildman–Crippen LogP) is 6.27. The molecule has 0 saturated carbocycles. The Morgan fingerprint density at radius 3 is 2.70 bits per heavy atom. The highest BCUT2D eigenvalue weighted by Gasteiger charge is 2.35. The van der Waals surface area contributed by atoms with E-state index in [-0.39, 0.29) is 30.0 Å². The van der Waals surface area contributed by atoms with E-state index in [2.05, 4.69) is 27.0 Å². The Labute approximate surface area is 294 Å². The molecule has 0 unspecified atom stereocenters. The van der Waals surface area contributed by atoms with Gasteiger partial charge in [-0.25, -0.2) is 9.78 Å². The van der Waals surface area contributed by atoms with Crippen molar-refractivity contribution < 1.29 is 23.9 Å². The van der Waals surface area contributed by atoms with E-state index < -0.39 is 11.6 Å². The number of hydrogen-bond donors (Lipinski definition) is 3. The Morgan fingerprint density at radius 2 is 1.96 bits per heavy atom. The summed E-state index contributed by atoms with van der Waals surface area (Å²) in [6.45, 7) is 7.50. The number of ether oxygens (including phenoxy) is 2. The molecule has 3 N–H and O–H groups in total. The predicted molar refractivity (Wildman–Crippen MR) is 193 cm³/mol. The van der Waals surface area contributed by atoms with E-state index in [0.29, 0.717) is 76.2 Å². The largest absolute Gasteiger partial charge is 0.457 e. The molecule has 4 amide bonds. The van der Waals surface area contributed by atoms with Crippen LogP contribution in [0.4, 0.5) is 21.9 Å². The molecule has 0 aliphatic carbocycles. The van der Waals surface area contributed by atoms with Crippen molar-refractivity contribution in [3.63, 3.8) is 0 Å². The number of nitrogens with one attached hydrogen (secondary N) is 3. The number of carbonyl (C=O) groups is 3. The SMILES string of the molecule is COCCNC(C)(C)/C=C(\C#N)C(=O)N1CCC[C@@H](NC(=O)c2sc3nccc4c3c2NC(=O)N4c2ccc(Oc3ccccc3)cc2C)C1. The topological polar surface area (TPSA) is 149 Å². The molecule has 13 heteroatoms. The number of rotatable bonds is 11. The number of nitriles is 1. The van der Waals surface area contributed by atoms with Crippen molar-refractivity contribution >= 4 is 56.5 Å². The summed E-state index contributed by atoms with van der Waals surface area (Å²) in [5, 5.41) is 19.8. The number of carbonyl (C=O) groups excluding carboxylic acids is 3. The molecule has 0 radical (unpaired) electrons. The first-order valence-corrected chi connectivity index (χ1v) is 17.2. The number of para-hydroxylation sites is 1. The summed E-state index contributed by atoms with van der Waals surface area (Å²) >= 11 is 1.20. The van der Waals surface area contributed by atoms with Gasteiger partial charge >= 0.3 is 6.03 Å². The molecule has 1 fully saturated rings. The van der Waals surface area contributed by atoms with Crippen LogP contribution in [0.3, 0.4) is 0 Å². The second-order valence-electron chi connectivity index (χ2n) is 12.8. The summed E-state index contributed by atoms with van der Waals surface area (Å²) < 4.78 is 11.1. The van der Waals surface area contributed by atoms with Crippen LogP contribution in [0.15, 0.2) is 72.4 Å². The van der Waals surface area contributed by atoms with Crippen LogP contribution in [-0.4, -0.2) is 72.7 Å². The molecule has 1 atom stereocenters. The molecule has 0 spiro atoms. The van der Waals surface area contributed by atoms with Crippen LogP contribution >= 0.6 is 11.3 Å². The van der Waals surface area contributed by atoms with Gasteiger partial charge in [-0.1, -0.05) is 18.2 Å². The van der Waals surface area contributed by atoms with Crippen molar-refractivity contribution in [3.8, 4) is 17.6 Å². The third-order valence-electron chi connectivity index (χ3n) is 8.63. The van der Waals surface area contributed by atoms with Gasteiger partial charge in [0.15, 0.2) is 0 Å². The van der Waals surface area contributed by atoms with Gasteiger partial charge in [0.05, 0.1) is 29.1 Å². The third kappa shape index (κ3) is 7.33. The number of aromatic nitrogens is 1. The average molecular weight is 694 g/mol. The minimum Gasteiger partial charge on any atom is -0.457 e. The first-order chi connectivity index (χ1) is 24.1. The first kappa shape index (κ1) is 34.6. The molecular formula is C37H39N7O5S. The maximum absolute atomic E-state index is 13.8. The zero-order valence-electron chi connectivity index (χ0n) is 28.4. The summed E-state index contributed by atoms with van der Waals surface area (Å²) in [6, 6.07) is 18.1. The van der Waals surface area contributed by atoms with Crippen LogP contribution < -0.4 is 25.6 Å². The van der Waals surface area contributed by atoms with Crippen LogP contribution in [-0.2, 0) is 9.53 Å². The number of methoxy groups -OCH3 is 1. The maximum Gasteiger partial charge on any atom is 0.331 e. The minimum atomic E-state index is -0.600. The number of piperidine rings is 1. The maximum atomic E-state index is 13.8. The van der Waals surface area contributed by atoms with E-state index in [4.69, 9.17) is 9.47 Å². The smallest absolute Gasteiger partial charge is 0.331 e. The van der Waals surface area contributed by atoms with Gasteiger partial charge in [-0.15, -0.1) is 11.3 Å². The Morgan fingerprint density at radius 1 is 1.16 bits per heavy atom. The monoisotopic (exact) mass is 693 g/mol. The highest BCUT2D eigenvalue weighted by atomic mass is 32.1. The fourth-order valence-corrected chi connectivity index (χ4v) is 7.30. The summed E-state index contributed by atoms with van der Waals surface area (Å²) in [5.74, 6) is 0.620. The standard InChI is InChI=1S/C37H39N7O5S/c1-23-19-27(49-26-10-6-5-7-11-26)12-13-28(23)44-29-14-15-39-34-30(29)31(42-36(44)47)32(50-34)33(45)41-25-9-8-17-43(22-25)35(46)24(21-38)20-37(2,3)40-16-18-48-4/h5-7,10-15,19-20,25,40H,8-9,16-18,22H2,1-4H3,(H,41,45)(H,42,47)/b24-20+/t25-/m1/s1. The molecule has 2 aliphatic heterocycles. The number of urea groups is 1. The number of benzene rings is 2. The number of aryl methyl sites for hydroxylation is 1. The molecular weight excluding hydrogens is 655 g/mol. The number of amides is 4. The Balaban J connectivity index is 1.19. The summed E-state index contributed by atoms with van der Waals surface area (Å²) in [5.41, 5.74) is 1.97. The lowest BCUT2D eigenvalue weighted by molar-refractivity contribution is -0.128. The zero-order valence-corrected chi connectivity index (χ0v) is 29.2. The van der Waals surface area contributed by atoms with E-state index in [1.54, 1.807) is 35.2 Å². The molecule has 6 rings (SSSR count). The molecule has 12 nitrogen and oxygen atoms in total. The normalized spacial score (nSPS) is 16.2. The van der Waals surface area contributed by atoms with E-state index >= 15 is 0 Å². The van der Waals surface area contributed by atoms with Gasteiger partial charge in [0.2, 0.25) is 0 Å². The molecule has 4 aromatic rings. The Bertz CT molecular complexity index is 2000. The van der Waals surface area contributed by atoms with Gasteiger partial charge in [0.25, 0.3) is 11.8 Å². The molecule has 2 aromatic heterocycles. The van der Waals surface area contributed by atoms with Gasteiger partial charge in [0.1, 0.15) is 32.8 Å². The summed E-state index contributed by atoms with van der Waals surface area (Å²) in [4.78, 5) is 49.6. The van der Waals surface area contributed by atoms with Crippen molar-refractivity contribution in [2.75, 3.05) is 43.6 Å². The fourth-order valence-electron chi connectivity index (χ4n) is 6.28. The van der Waals surface area contributed by atoms with Crippen LogP contribution in [0, 0.1) is 18.3 Å². The average Bonchev–Trinajstić information content (AvgIpc) is 3.47. The number of thiophene rings is 1. The van der Waals surface area contributed by atoms with Crippen molar-refractivity contribution in [3.05, 3.63) is 82.9 Å². The first-order valence-electron chi connectivity index (χ1n) is 16.4. The van der Waals surface area contributed by atoms with Crippen molar-refractivity contribution in [1.29, 1.82) is 5.26 Å². The third-order valence-corrected chi connectivity index (χ3v) is 9.72. The van der Waals surface area contributed by atoms with Gasteiger partial charge in [0, 0.05) is 44.5 Å². The Kier molecular flexibility index (Phi) is 10.1. The van der Waals surface area contributed by atoms with Crippen LogP contribution in [0.2, 0.25) is 0 Å². The second-order valence-corrected chi connectivity index (χ2v) is 13.8. The number of hydrogen-bond acceptors (Lipinski definition) is 9. The van der Waals surface area contributed by atoms with Gasteiger partial charge in [-0.2, -0.15) is 5.26 Å². The highest BCUT2D eigenvalue weighted by molar-refractivity contribution is 7.21. The lowest BCUT2D eigenvalue weighted by Crippen LogP contribution is -2.50. The van der Waals surface area contributed by atoms with Gasteiger partial charge in [-0.3, -0.25) is 14.5 Å². The molecule has 258 valence electrons. The molecule has 0 bridgehead atoms. The highest BCUT2D eigenvalue weighted by Crippen LogP contribution is 2.46. The minimum absolute atomic E-state index is 0.0419. The van der Waals surface area contributed by atoms with E-state index in [1.165, 1.54) is 11.3 Å². The lowest BCUT2D eigenvalue weighted by atomic mass is 9.99. The number of anilines is 3. The quantitative estimate of drug-likeness (QED) is 0.0947.